The Labute approximate surface area is 149 Å². The standard InChI is InChI=1S/C17H17ClN2O4S/c1-10(17(21)19-6-7-25(22,23)24)11-2-4-13-14-9-12(18)3-5-15(14)20-16(13)8-11/h2-5,8-10,20H,6-7H2,1H3,(H,19,21)(H,22,23,24). The van der Waals surface area contributed by atoms with Gasteiger partial charge in [0.1, 0.15) is 0 Å². The number of benzene rings is 2. The van der Waals surface area contributed by atoms with E-state index in [9.17, 15) is 13.2 Å². The summed E-state index contributed by atoms with van der Waals surface area (Å²) in [5.74, 6) is -1.27. The summed E-state index contributed by atoms with van der Waals surface area (Å²) in [6, 6.07) is 11.3. The summed E-state index contributed by atoms with van der Waals surface area (Å²) in [6.07, 6.45) is 0. The highest BCUT2D eigenvalue weighted by Gasteiger charge is 2.17. The number of halogens is 1. The van der Waals surface area contributed by atoms with Crippen molar-refractivity contribution in [1.82, 2.24) is 10.3 Å². The summed E-state index contributed by atoms with van der Waals surface area (Å²) in [7, 11) is -4.09. The van der Waals surface area contributed by atoms with Crippen LogP contribution in [0.2, 0.25) is 5.02 Å². The van der Waals surface area contributed by atoms with Crippen LogP contribution in [0.3, 0.4) is 0 Å². The maximum absolute atomic E-state index is 12.2. The molecule has 0 fully saturated rings. The molecule has 8 heteroatoms. The van der Waals surface area contributed by atoms with E-state index in [2.05, 4.69) is 10.3 Å². The van der Waals surface area contributed by atoms with E-state index in [-0.39, 0.29) is 12.5 Å². The first-order valence-corrected chi connectivity index (χ1v) is 9.67. The monoisotopic (exact) mass is 380 g/mol. The van der Waals surface area contributed by atoms with Gasteiger partial charge in [-0.05, 0) is 36.8 Å². The Balaban J connectivity index is 1.83. The van der Waals surface area contributed by atoms with Gasteiger partial charge in [0.15, 0.2) is 0 Å². The van der Waals surface area contributed by atoms with Crippen molar-refractivity contribution in [3.63, 3.8) is 0 Å². The number of carbonyl (C=O) groups excluding carboxylic acids is 1. The topological polar surface area (TPSA) is 99.3 Å². The fourth-order valence-electron chi connectivity index (χ4n) is 2.77. The molecule has 0 aliphatic heterocycles. The minimum atomic E-state index is -4.09. The van der Waals surface area contributed by atoms with Crippen molar-refractivity contribution < 1.29 is 17.8 Å². The number of aromatic nitrogens is 1. The van der Waals surface area contributed by atoms with E-state index in [0.717, 1.165) is 27.4 Å². The van der Waals surface area contributed by atoms with Gasteiger partial charge >= 0.3 is 0 Å². The Kier molecular flexibility index (Phi) is 4.73. The summed E-state index contributed by atoms with van der Waals surface area (Å²) in [4.78, 5) is 15.5. The Hall–Kier alpha value is -2.09. The van der Waals surface area contributed by atoms with Crippen LogP contribution >= 0.6 is 11.6 Å². The lowest BCUT2D eigenvalue weighted by molar-refractivity contribution is -0.122. The molecule has 3 aromatic rings. The number of amides is 1. The third-order valence-corrected chi connectivity index (χ3v) is 5.09. The molecule has 1 heterocycles. The lowest BCUT2D eigenvalue weighted by Gasteiger charge is -2.12. The first-order chi connectivity index (χ1) is 11.7. The number of hydrogen-bond donors (Lipinski definition) is 3. The molecular formula is C17H17ClN2O4S. The largest absolute Gasteiger partial charge is 0.355 e. The highest BCUT2D eigenvalue weighted by molar-refractivity contribution is 7.85. The minimum absolute atomic E-state index is 0.130. The highest BCUT2D eigenvalue weighted by atomic mass is 35.5. The van der Waals surface area contributed by atoms with E-state index in [1.54, 1.807) is 6.92 Å². The number of hydrogen-bond acceptors (Lipinski definition) is 3. The van der Waals surface area contributed by atoms with Crippen molar-refractivity contribution in [3.05, 3.63) is 47.0 Å². The SMILES string of the molecule is CC(C(=O)NCCS(=O)(=O)O)c1ccc2c(c1)[nH]c1ccc(Cl)cc12. The molecule has 1 aromatic heterocycles. The van der Waals surface area contributed by atoms with E-state index >= 15 is 0 Å². The van der Waals surface area contributed by atoms with Crippen LogP contribution in [0.25, 0.3) is 21.8 Å². The van der Waals surface area contributed by atoms with Gasteiger partial charge in [-0.15, -0.1) is 0 Å². The van der Waals surface area contributed by atoms with Gasteiger partial charge in [-0.25, -0.2) is 0 Å². The smallest absolute Gasteiger partial charge is 0.266 e. The minimum Gasteiger partial charge on any atom is -0.355 e. The molecule has 3 N–H and O–H groups in total. The average molecular weight is 381 g/mol. The molecule has 1 atom stereocenters. The van der Waals surface area contributed by atoms with Crippen molar-refractivity contribution in [2.24, 2.45) is 0 Å². The van der Waals surface area contributed by atoms with Gasteiger partial charge in [0, 0.05) is 33.4 Å². The number of H-pyrrole nitrogens is 1. The fraction of sp³-hybridized carbons (Fsp3) is 0.235. The van der Waals surface area contributed by atoms with Gasteiger partial charge in [0.05, 0.1) is 11.7 Å². The summed E-state index contributed by atoms with van der Waals surface area (Å²) >= 11 is 6.05. The molecule has 132 valence electrons. The zero-order valence-corrected chi connectivity index (χ0v) is 15.0. The Morgan fingerprint density at radius 3 is 2.68 bits per heavy atom. The summed E-state index contributed by atoms with van der Waals surface area (Å²) in [5, 5.41) is 5.20. The van der Waals surface area contributed by atoms with E-state index in [0.29, 0.717) is 5.02 Å². The van der Waals surface area contributed by atoms with Crippen LogP contribution in [-0.4, -0.2) is 36.2 Å². The van der Waals surface area contributed by atoms with E-state index in [4.69, 9.17) is 16.2 Å². The van der Waals surface area contributed by atoms with Gasteiger partial charge in [-0.1, -0.05) is 23.7 Å². The molecule has 0 aliphatic rings. The van der Waals surface area contributed by atoms with Crippen LogP contribution in [0.4, 0.5) is 0 Å². The van der Waals surface area contributed by atoms with Gasteiger partial charge < -0.3 is 10.3 Å². The Morgan fingerprint density at radius 1 is 1.20 bits per heavy atom. The molecule has 1 unspecified atom stereocenters. The van der Waals surface area contributed by atoms with Gasteiger partial charge in [0.25, 0.3) is 10.1 Å². The number of fused-ring (bicyclic) bond motifs is 3. The molecule has 0 spiro atoms. The van der Waals surface area contributed by atoms with Crippen molar-refractivity contribution in [1.29, 1.82) is 0 Å². The molecule has 0 bridgehead atoms. The van der Waals surface area contributed by atoms with Crippen molar-refractivity contribution >= 4 is 49.4 Å². The molecule has 3 rings (SSSR count). The molecular weight excluding hydrogens is 364 g/mol. The predicted molar refractivity (Wildman–Crippen MR) is 98.7 cm³/mol. The van der Waals surface area contributed by atoms with Gasteiger partial charge in [-0.3, -0.25) is 9.35 Å². The first-order valence-electron chi connectivity index (χ1n) is 7.68. The number of rotatable bonds is 5. The van der Waals surface area contributed by atoms with Crippen molar-refractivity contribution in [3.8, 4) is 0 Å². The average Bonchev–Trinajstić information content (AvgIpc) is 2.89. The van der Waals surface area contributed by atoms with Crippen LogP contribution < -0.4 is 5.32 Å². The zero-order valence-electron chi connectivity index (χ0n) is 13.4. The van der Waals surface area contributed by atoms with Crippen LogP contribution in [0.5, 0.6) is 0 Å². The van der Waals surface area contributed by atoms with E-state index < -0.39 is 21.8 Å². The quantitative estimate of drug-likeness (QED) is 0.592. The Morgan fingerprint density at radius 2 is 1.96 bits per heavy atom. The lowest BCUT2D eigenvalue weighted by Crippen LogP contribution is -2.32. The second-order valence-electron chi connectivity index (χ2n) is 5.92. The second kappa shape index (κ2) is 6.67. The first kappa shape index (κ1) is 17.7. The molecule has 0 saturated heterocycles. The fourth-order valence-corrected chi connectivity index (χ4v) is 3.30. The van der Waals surface area contributed by atoms with Crippen LogP contribution in [0.15, 0.2) is 36.4 Å². The van der Waals surface area contributed by atoms with E-state index in [1.807, 2.05) is 36.4 Å². The van der Waals surface area contributed by atoms with Crippen LogP contribution in [0.1, 0.15) is 18.4 Å². The molecule has 25 heavy (non-hydrogen) atoms. The summed E-state index contributed by atoms with van der Waals surface area (Å²) < 4.78 is 30.1. The Bertz CT molecular complexity index is 1060. The third-order valence-electron chi connectivity index (χ3n) is 4.14. The molecule has 2 aromatic carbocycles. The summed E-state index contributed by atoms with van der Waals surface area (Å²) in [5.41, 5.74) is 2.66. The summed E-state index contributed by atoms with van der Waals surface area (Å²) in [6.45, 7) is 1.61. The van der Waals surface area contributed by atoms with Gasteiger partial charge in [0.2, 0.25) is 5.91 Å². The van der Waals surface area contributed by atoms with Gasteiger partial charge in [-0.2, -0.15) is 8.42 Å². The molecule has 0 saturated carbocycles. The van der Waals surface area contributed by atoms with Crippen molar-refractivity contribution in [2.45, 2.75) is 12.8 Å². The maximum Gasteiger partial charge on any atom is 0.266 e. The second-order valence-corrected chi connectivity index (χ2v) is 7.93. The highest BCUT2D eigenvalue weighted by Crippen LogP contribution is 2.30. The molecule has 1 amide bonds. The zero-order chi connectivity index (χ0) is 18.2. The number of carbonyl (C=O) groups is 1. The maximum atomic E-state index is 12.2. The molecule has 0 aliphatic carbocycles. The molecule has 0 radical (unpaired) electrons. The van der Waals surface area contributed by atoms with Crippen LogP contribution in [-0.2, 0) is 14.9 Å². The van der Waals surface area contributed by atoms with Crippen LogP contribution in [0, 0.1) is 0 Å². The lowest BCUT2D eigenvalue weighted by atomic mass is 9.99. The molecule has 6 nitrogen and oxygen atoms in total. The predicted octanol–water partition coefficient (Wildman–Crippen LogP) is 3.08. The normalized spacial score (nSPS) is 13.2. The van der Waals surface area contributed by atoms with E-state index in [1.165, 1.54) is 0 Å². The number of nitrogens with one attached hydrogen (secondary N) is 2. The number of aromatic amines is 1. The third kappa shape index (κ3) is 3.95. The van der Waals surface area contributed by atoms with Crippen molar-refractivity contribution in [2.75, 3.05) is 12.3 Å².